The molecule has 1 heterocycles. The fraction of sp³-hybridized carbons (Fsp3) is 0.100. The van der Waals surface area contributed by atoms with Crippen LogP contribution in [-0.2, 0) is 6.54 Å². The molecule has 0 saturated heterocycles. The average molecular weight is 387 g/mol. The fourth-order valence-corrected chi connectivity index (χ4v) is 2.43. The normalized spacial score (nSPS) is 10.4. The average Bonchev–Trinajstić information content (AvgIpc) is 2.73. The number of aromatic nitrogens is 1. The molecule has 0 aliphatic carbocycles. The molecule has 0 fully saturated rings. The molecule has 2 aromatic carbocycles. The number of halogens is 3. The van der Waals surface area contributed by atoms with Crippen molar-refractivity contribution in [2.45, 2.75) is 6.54 Å². The van der Waals surface area contributed by atoms with Crippen LogP contribution in [0.3, 0.4) is 0 Å². The summed E-state index contributed by atoms with van der Waals surface area (Å²) in [4.78, 5) is 16.3. The summed E-state index contributed by atoms with van der Waals surface area (Å²) in [5.74, 6) is -3.78. The van der Waals surface area contributed by atoms with Crippen molar-refractivity contribution in [1.29, 1.82) is 0 Å². The predicted octanol–water partition coefficient (Wildman–Crippen LogP) is 4.18. The van der Waals surface area contributed by atoms with Crippen LogP contribution in [0.5, 0.6) is 5.75 Å². The summed E-state index contributed by atoms with van der Waals surface area (Å²) < 4.78 is 45.2. The van der Waals surface area contributed by atoms with Crippen LogP contribution in [0, 0.1) is 17.5 Å². The van der Waals surface area contributed by atoms with Gasteiger partial charge >= 0.3 is 0 Å². The van der Waals surface area contributed by atoms with Crippen molar-refractivity contribution >= 4 is 17.4 Å². The zero-order chi connectivity index (χ0) is 20.1. The molecule has 2 N–H and O–H groups in total. The van der Waals surface area contributed by atoms with Gasteiger partial charge in [-0.05, 0) is 42.0 Å². The van der Waals surface area contributed by atoms with Gasteiger partial charge < -0.3 is 15.4 Å². The molecule has 3 aromatic rings. The molecule has 1 amide bonds. The number of nitrogens with zero attached hydrogens (tertiary/aromatic N) is 1. The molecule has 28 heavy (non-hydrogen) atoms. The third-order valence-corrected chi connectivity index (χ3v) is 3.93. The molecule has 0 spiro atoms. The monoisotopic (exact) mass is 387 g/mol. The van der Waals surface area contributed by atoms with Gasteiger partial charge in [-0.1, -0.05) is 12.1 Å². The van der Waals surface area contributed by atoms with Crippen molar-refractivity contribution < 1.29 is 22.7 Å². The van der Waals surface area contributed by atoms with Gasteiger partial charge in [-0.2, -0.15) is 0 Å². The number of rotatable bonds is 6. The Kier molecular flexibility index (Phi) is 5.78. The van der Waals surface area contributed by atoms with Gasteiger partial charge in [0.2, 0.25) is 0 Å². The Labute approximate surface area is 159 Å². The van der Waals surface area contributed by atoms with Gasteiger partial charge in [0.15, 0.2) is 17.5 Å². The highest BCUT2D eigenvalue weighted by Gasteiger charge is 2.14. The van der Waals surface area contributed by atoms with E-state index < -0.39 is 17.5 Å². The van der Waals surface area contributed by atoms with Gasteiger partial charge in [0.25, 0.3) is 5.91 Å². The maximum atomic E-state index is 13.8. The summed E-state index contributed by atoms with van der Waals surface area (Å²) in [5, 5.41) is 5.29. The molecule has 3 rings (SSSR count). The lowest BCUT2D eigenvalue weighted by Crippen LogP contribution is -2.22. The Balaban J connectivity index is 1.68. The first-order valence-corrected chi connectivity index (χ1v) is 8.25. The smallest absolute Gasteiger partial charge is 0.251 e. The van der Waals surface area contributed by atoms with E-state index in [1.165, 1.54) is 18.3 Å². The summed E-state index contributed by atoms with van der Waals surface area (Å²) in [7, 11) is 1.57. The van der Waals surface area contributed by atoms with Crippen LogP contribution < -0.4 is 15.4 Å². The lowest BCUT2D eigenvalue weighted by Gasteiger charge is -2.10. The van der Waals surface area contributed by atoms with Crippen LogP contribution in [0.1, 0.15) is 15.9 Å². The number of carbonyl (C=O) groups is 1. The Bertz CT molecular complexity index is 994. The number of nitrogens with one attached hydrogen (secondary N) is 2. The zero-order valence-corrected chi connectivity index (χ0v) is 14.8. The predicted molar refractivity (Wildman–Crippen MR) is 98.0 cm³/mol. The summed E-state index contributed by atoms with van der Waals surface area (Å²) in [6.45, 7) is 0.297. The molecule has 0 bridgehead atoms. The Morgan fingerprint density at radius 2 is 1.79 bits per heavy atom. The Morgan fingerprint density at radius 1 is 1.04 bits per heavy atom. The van der Waals surface area contributed by atoms with Crippen LogP contribution in [0.4, 0.5) is 24.7 Å². The molecular formula is C20H16F3N3O2. The topological polar surface area (TPSA) is 63.2 Å². The minimum Gasteiger partial charge on any atom is -0.497 e. The summed E-state index contributed by atoms with van der Waals surface area (Å²) in [6.07, 6.45) is 1.35. The fourth-order valence-electron chi connectivity index (χ4n) is 2.43. The highest BCUT2D eigenvalue weighted by Crippen LogP contribution is 2.23. The van der Waals surface area contributed by atoms with E-state index in [-0.39, 0.29) is 23.0 Å². The standard InChI is InChI=1S/C20H16F3N3O2/c1-28-14-4-2-12(3-5-14)11-25-20(27)13-8-9-24-17(10-13)26-16-7-6-15(21)18(22)19(16)23/h2-10H,11H2,1H3,(H,24,26)(H,25,27). The molecule has 0 radical (unpaired) electrons. The molecule has 0 saturated carbocycles. The molecule has 0 unspecified atom stereocenters. The van der Waals surface area contributed by atoms with Gasteiger partial charge in [0.1, 0.15) is 11.6 Å². The second-order valence-electron chi connectivity index (χ2n) is 5.81. The lowest BCUT2D eigenvalue weighted by molar-refractivity contribution is 0.0951. The first-order valence-electron chi connectivity index (χ1n) is 8.25. The summed E-state index contributed by atoms with van der Waals surface area (Å²) in [5.41, 5.74) is 0.863. The molecule has 8 heteroatoms. The van der Waals surface area contributed by atoms with E-state index in [1.54, 1.807) is 19.2 Å². The molecule has 0 aliphatic heterocycles. The highest BCUT2D eigenvalue weighted by atomic mass is 19.2. The zero-order valence-electron chi connectivity index (χ0n) is 14.8. The highest BCUT2D eigenvalue weighted by molar-refractivity contribution is 5.94. The maximum Gasteiger partial charge on any atom is 0.251 e. The van der Waals surface area contributed by atoms with Crippen LogP contribution >= 0.6 is 0 Å². The van der Waals surface area contributed by atoms with Gasteiger partial charge in [0, 0.05) is 18.3 Å². The summed E-state index contributed by atoms with van der Waals surface area (Å²) >= 11 is 0. The van der Waals surface area contributed by atoms with Crippen LogP contribution in [0.15, 0.2) is 54.7 Å². The van der Waals surface area contributed by atoms with E-state index in [0.717, 1.165) is 17.7 Å². The lowest BCUT2D eigenvalue weighted by atomic mass is 10.2. The van der Waals surface area contributed by atoms with Crippen molar-refractivity contribution in [3.63, 3.8) is 0 Å². The molecule has 0 aliphatic rings. The maximum absolute atomic E-state index is 13.8. The van der Waals surface area contributed by atoms with Gasteiger partial charge in [0.05, 0.1) is 12.8 Å². The number of anilines is 2. The van der Waals surface area contributed by atoms with Crippen molar-refractivity contribution in [2.75, 3.05) is 12.4 Å². The minimum atomic E-state index is -1.58. The van der Waals surface area contributed by atoms with E-state index in [2.05, 4.69) is 15.6 Å². The van der Waals surface area contributed by atoms with E-state index in [0.29, 0.717) is 12.3 Å². The first-order chi connectivity index (χ1) is 13.5. The number of hydrogen-bond acceptors (Lipinski definition) is 4. The van der Waals surface area contributed by atoms with Gasteiger partial charge in [-0.15, -0.1) is 0 Å². The van der Waals surface area contributed by atoms with E-state index in [1.807, 2.05) is 12.1 Å². The number of ether oxygens (including phenoxy) is 1. The number of pyridine rings is 1. The second kappa shape index (κ2) is 8.43. The largest absolute Gasteiger partial charge is 0.497 e. The number of methoxy groups -OCH3 is 1. The second-order valence-corrected chi connectivity index (χ2v) is 5.81. The number of carbonyl (C=O) groups excluding carboxylic acids is 1. The third-order valence-electron chi connectivity index (χ3n) is 3.93. The Hall–Kier alpha value is -3.55. The summed E-state index contributed by atoms with van der Waals surface area (Å²) in [6, 6.07) is 11.9. The molecular weight excluding hydrogens is 371 g/mol. The van der Waals surface area contributed by atoms with E-state index in [4.69, 9.17) is 4.74 Å². The number of benzene rings is 2. The Morgan fingerprint density at radius 3 is 2.50 bits per heavy atom. The first kappa shape index (κ1) is 19.2. The van der Waals surface area contributed by atoms with E-state index in [9.17, 15) is 18.0 Å². The van der Waals surface area contributed by atoms with Crippen molar-refractivity contribution in [3.05, 3.63) is 83.3 Å². The molecule has 5 nitrogen and oxygen atoms in total. The quantitative estimate of drug-likeness (QED) is 0.623. The van der Waals surface area contributed by atoms with Gasteiger partial charge in [-0.25, -0.2) is 18.2 Å². The van der Waals surface area contributed by atoms with Crippen LogP contribution in [-0.4, -0.2) is 18.0 Å². The van der Waals surface area contributed by atoms with E-state index >= 15 is 0 Å². The van der Waals surface area contributed by atoms with Crippen molar-refractivity contribution in [2.24, 2.45) is 0 Å². The van der Waals surface area contributed by atoms with Gasteiger partial charge in [-0.3, -0.25) is 4.79 Å². The van der Waals surface area contributed by atoms with Crippen molar-refractivity contribution in [1.82, 2.24) is 10.3 Å². The molecule has 144 valence electrons. The van der Waals surface area contributed by atoms with Crippen LogP contribution in [0.25, 0.3) is 0 Å². The minimum absolute atomic E-state index is 0.113. The third kappa shape index (κ3) is 4.40. The molecule has 0 atom stereocenters. The van der Waals surface area contributed by atoms with Crippen molar-refractivity contribution in [3.8, 4) is 5.75 Å². The molecule has 1 aromatic heterocycles. The SMILES string of the molecule is COc1ccc(CNC(=O)c2ccnc(Nc3ccc(F)c(F)c3F)c2)cc1. The number of amides is 1. The van der Waals surface area contributed by atoms with Crippen LogP contribution in [0.2, 0.25) is 0 Å². The number of hydrogen-bond donors (Lipinski definition) is 2.